The van der Waals surface area contributed by atoms with E-state index in [0.717, 1.165) is 5.56 Å². The van der Waals surface area contributed by atoms with E-state index in [9.17, 15) is 14.4 Å². The molecule has 0 saturated carbocycles. The quantitative estimate of drug-likeness (QED) is 0.269. The zero-order chi connectivity index (χ0) is 26.6. The van der Waals surface area contributed by atoms with E-state index in [1.165, 1.54) is 6.07 Å². The third-order valence-electron chi connectivity index (χ3n) is 4.72. The summed E-state index contributed by atoms with van der Waals surface area (Å²) in [5, 5.41) is 0. The van der Waals surface area contributed by atoms with Crippen molar-refractivity contribution in [2.75, 3.05) is 0 Å². The van der Waals surface area contributed by atoms with E-state index in [2.05, 4.69) is 0 Å². The smallest absolute Gasteiger partial charge is 0.316 e. The third kappa shape index (κ3) is 8.71. The van der Waals surface area contributed by atoms with E-state index >= 15 is 0 Å². The topological polar surface area (TPSA) is 78.9 Å². The maximum Gasteiger partial charge on any atom is 0.316 e. The van der Waals surface area contributed by atoms with Crippen molar-refractivity contribution in [1.29, 1.82) is 0 Å². The second-order valence-electron chi connectivity index (χ2n) is 11.6. The van der Waals surface area contributed by atoms with Crippen LogP contribution in [0.5, 0.6) is 17.2 Å². The van der Waals surface area contributed by atoms with Crippen molar-refractivity contribution in [2.24, 2.45) is 16.2 Å². The minimum Gasteiger partial charge on any atom is -0.426 e. The van der Waals surface area contributed by atoms with Crippen LogP contribution < -0.4 is 14.2 Å². The van der Waals surface area contributed by atoms with Gasteiger partial charge in [0.05, 0.1) is 16.2 Å². The molecular weight excluding hydrogens is 444 g/mol. The number of carbonyl (C=O) groups excluding carboxylic acids is 3. The molecule has 2 rings (SSSR count). The number of rotatable bonds is 5. The summed E-state index contributed by atoms with van der Waals surface area (Å²) in [5.41, 5.74) is -0.415. The molecule has 0 unspecified atom stereocenters. The molecule has 0 heterocycles. The SMILES string of the molecule is CC(C)(C)C(=O)Oc1ccc(/C=C/c2cc(OC(=O)C(C)(C)C)cc(OC(=O)C(C)(C)C)c2)cc1. The predicted molar refractivity (Wildman–Crippen MR) is 137 cm³/mol. The number of ether oxygens (including phenoxy) is 3. The van der Waals surface area contributed by atoms with Gasteiger partial charge in [0, 0.05) is 6.07 Å². The lowest BCUT2D eigenvalue weighted by Crippen LogP contribution is -2.26. The van der Waals surface area contributed by atoms with Gasteiger partial charge in [-0.2, -0.15) is 0 Å². The minimum atomic E-state index is -0.688. The van der Waals surface area contributed by atoms with Gasteiger partial charge in [0.15, 0.2) is 0 Å². The van der Waals surface area contributed by atoms with Crippen LogP contribution in [0.2, 0.25) is 0 Å². The Balaban J connectivity index is 2.29. The molecule has 6 nitrogen and oxygen atoms in total. The first-order chi connectivity index (χ1) is 15.9. The van der Waals surface area contributed by atoms with Crippen LogP contribution in [0, 0.1) is 16.2 Å². The normalized spacial score (nSPS) is 12.4. The summed E-state index contributed by atoms with van der Waals surface area (Å²) in [7, 11) is 0. The maximum atomic E-state index is 12.4. The van der Waals surface area contributed by atoms with Gasteiger partial charge in [-0.3, -0.25) is 14.4 Å². The van der Waals surface area contributed by atoms with E-state index in [-0.39, 0.29) is 17.5 Å². The van der Waals surface area contributed by atoms with E-state index in [0.29, 0.717) is 11.3 Å². The van der Waals surface area contributed by atoms with Gasteiger partial charge >= 0.3 is 17.9 Å². The van der Waals surface area contributed by atoms with Gasteiger partial charge in [0.2, 0.25) is 0 Å². The van der Waals surface area contributed by atoms with Gasteiger partial charge in [-0.15, -0.1) is 0 Å². The summed E-state index contributed by atoms with van der Waals surface area (Å²) in [6.07, 6.45) is 3.68. The molecule has 6 heteroatoms. The summed E-state index contributed by atoms with van der Waals surface area (Å²) < 4.78 is 16.5. The van der Waals surface area contributed by atoms with Crippen molar-refractivity contribution in [3.8, 4) is 17.2 Å². The lowest BCUT2D eigenvalue weighted by Gasteiger charge is -2.19. The Morgan fingerprint density at radius 3 is 1.23 bits per heavy atom. The van der Waals surface area contributed by atoms with Crippen molar-refractivity contribution in [3.05, 3.63) is 53.6 Å². The molecule has 0 saturated heterocycles. The third-order valence-corrected chi connectivity index (χ3v) is 4.72. The highest BCUT2D eigenvalue weighted by atomic mass is 16.5. The Bertz CT molecular complexity index is 1060. The second-order valence-corrected chi connectivity index (χ2v) is 11.6. The minimum absolute atomic E-state index is 0.285. The molecule has 0 radical (unpaired) electrons. The molecule has 0 atom stereocenters. The first-order valence-electron chi connectivity index (χ1n) is 11.6. The molecule has 2 aromatic carbocycles. The molecule has 0 aromatic heterocycles. The Kier molecular flexibility index (Phi) is 8.32. The summed E-state index contributed by atoms with van der Waals surface area (Å²) in [6, 6.07) is 12.0. The van der Waals surface area contributed by atoms with Gasteiger partial charge in [-0.25, -0.2) is 0 Å². The highest BCUT2D eigenvalue weighted by molar-refractivity contribution is 5.81. The molecule has 0 amide bonds. The second kappa shape index (κ2) is 10.5. The summed E-state index contributed by atoms with van der Waals surface area (Å²) >= 11 is 0. The maximum absolute atomic E-state index is 12.4. The molecule has 0 aliphatic heterocycles. The van der Waals surface area contributed by atoms with Crippen molar-refractivity contribution in [3.63, 3.8) is 0 Å². The Hall–Kier alpha value is -3.41. The Labute approximate surface area is 208 Å². The van der Waals surface area contributed by atoms with Crippen LogP contribution in [0.1, 0.15) is 73.4 Å². The van der Waals surface area contributed by atoms with Crippen molar-refractivity contribution < 1.29 is 28.6 Å². The van der Waals surface area contributed by atoms with Crippen molar-refractivity contribution in [2.45, 2.75) is 62.3 Å². The van der Waals surface area contributed by atoms with Crippen LogP contribution >= 0.6 is 0 Å². The molecule has 0 fully saturated rings. The molecule has 0 spiro atoms. The molecular formula is C29H36O6. The molecule has 2 aromatic rings. The van der Waals surface area contributed by atoms with Gasteiger partial charge in [0.25, 0.3) is 0 Å². The van der Waals surface area contributed by atoms with Crippen LogP contribution in [-0.2, 0) is 14.4 Å². The van der Waals surface area contributed by atoms with Crippen LogP contribution in [-0.4, -0.2) is 17.9 Å². The standard InChI is InChI=1S/C29H36O6/c1-27(2,3)24(30)33-21-14-12-19(13-15-21)10-11-20-16-22(34-25(31)28(4,5)6)18-23(17-20)35-26(32)29(7,8)9/h10-18H,1-9H3/b11-10+. The zero-order valence-corrected chi connectivity index (χ0v) is 22.1. The lowest BCUT2D eigenvalue weighted by atomic mass is 9.97. The molecule has 0 aliphatic rings. The zero-order valence-electron chi connectivity index (χ0n) is 22.1. The van der Waals surface area contributed by atoms with E-state index in [1.807, 2.05) is 24.3 Å². The van der Waals surface area contributed by atoms with Crippen LogP contribution in [0.25, 0.3) is 12.2 Å². The van der Waals surface area contributed by atoms with Gasteiger partial charge in [-0.05, 0) is 97.7 Å². The fraction of sp³-hybridized carbons (Fsp3) is 0.414. The van der Waals surface area contributed by atoms with E-state index in [4.69, 9.17) is 14.2 Å². The summed E-state index contributed by atoms with van der Waals surface area (Å²) in [4.78, 5) is 36.9. The number of esters is 3. The molecule has 188 valence electrons. The molecule has 0 N–H and O–H groups in total. The summed E-state index contributed by atoms with van der Waals surface area (Å²) in [5.74, 6) is -0.0602. The van der Waals surface area contributed by atoms with Gasteiger partial charge < -0.3 is 14.2 Å². The van der Waals surface area contributed by atoms with Crippen LogP contribution in [0.15, 0.2) is 42.5 Å². The van der Waals surface area contributed by atoms with E-state index in [1.54, 1.807) is 86.6 Å². The predicted octanol–water partition coefficient (Wildman–Crippen LogP) is 6.71. The average molecular weight is 481 g/mol. The molecule has 0 aliphatic carbocycles. The molecule has 35 heavy (non-hydrogen) atoms. The number of hydrogen-bond donors (Lipinski definition) is 0. The first-order valence-corrected chi connectivity index (χ1v) is 11.6. The first kappa shape index (κ1) is 27.8. The number of hydrogen-bond acceptors (Lipinski definition) is 6. The highest BCUT2D eigenvalue weighted by Crippen LogP contribution is 2.29. The Morgan fingerprint density at radius 2 is 0.857 bits per heavy atom. The average Bonchev–Trinajstić information content (AvgIpc) is 2.71. The number of benzene rings is 2. The van der Waals surface area contributed by atoms with Crippen LogP contribution in [0.3, 0.4) is 0 Å². The fourth-order valence-corrected chi connectivity index (χ4v) is 2.43. The van der Waals surface area contributed by atoms with E-state index < -0.39 is 28.2 Å². The van der Waals surface area contributed by atoms with Gasteiger partial charge in [-0.1, -0.05) is 24.3 Å². The number of carbonyl (C=O) groups is 3. The summed E-state index contributed by atoms with van der Waals surface area (Å²) in [6.45, 7) is 16.0. The Morgan fingerprint density at radius 1 is 0.514 bits per heavy atom. The van der Waals surface area contributed by atoms with Crippen molar-refractivity contribution >= 4 is 30.1 Å². The van der Waals surface area contributed by atoms with Crippen molar-refractivity contribution in [1.82, 2.24) is 0 Å². The molecule has 0 bridgehead atoms. The lowest BCUT2D eigenvalue weighted by molar-refractivity contribution is -0.143. The largest absolute Gasteiger partial charge is 0.426 e. The van der Waals surface area contributed by atoms with Crippen LogP contribution in [0.4, 0.5) is 0 Å². The fourth-order valence-electron chi connectivity index (χ4n) is 2.43. The highest BCUT2D eigenvalue weighted by Gasteiger charge is 2.26. The van der Waals surface area contributed by atoms with Gasteiger partial charge in [0.1, 0.15) is 17.2 Å². The monoisotopic (exact) mass is 480 g/mol.